The van der Waals surface area contributed by atoms with Gasteiger partial charge < -0.3 is 4.74 Å². The Morgan fingerprint density at radius 1 is 1.75 bits per heavy atom. The molecule has 0 aliphatic carbocycles. The van der Waals surface area contributed by atoms with Crippen LogP contribution in [0.4, 0.5) is 0 Å². The fourth-order valence-corrected chi connectivity index (χ4v) is 1.09. The van der Waals surface area contributed by atoms with E-state index in [1.807, 2.05) is 0 Å². The van der Waals surface area contributed by atoms with Crippen molar-refractivity contribution in [3.8, 4) is 0 Å². The number of ether oxygens (including phenoxy) is 1. The smallest absolute Gasteiger partial charge is 0.338 e. The minimum absolute atomic E-state index is 0.151. The zero-order valence-corrected chi connectivity index (χ0v) is 7.78. The molecule has 0 radical (unpaired) electrons. The Kier molecular flexibility index (Phi) is 1.21. The minimum atomic E-state index is -2.69. The lowest BCUT2D eigenvalue weighted by Gasteiger charge is -2.02. The van der Waals surface area contributed by atoms with Crippen LogP contribution in [-0.2, 0) is 4.74 Å². The molecular formula is C9H9BrO2. The van der Waals surface area contributed by atoms with E-state index >= 15 is 0 Å². The van der Waals surface area contributed by atoms with Crippen LogP contribution in [-0.4, -0.2) is 13.1 Å². The first-order valence-electron chi connectivity index (χ1n) is 6.01. The molecule has 0 heterocycles. The average Bonchev–Trinajstić information content (AvgIpc) is 2.24. The van der Waals surface area contributed by atoms with Crippen molar-refractivity contribution in [2.45, 2.75) is 6.85 Å². The van der Waals surface area contributed by atoms with E-state index in [1.165, 1.54) is 0 Å². The molecule has 0 aliphatic heterocycles. The van der Waals surface area contributed by atoms with Crippen molar-refractivity contribution in [2.24, 2.45) is 0 Å². The van der Waals surface area contributed by atoms with Gasteiger partial charge >= 0.3 is 5.97 Å². The minimum Gasteiger partial charge on any atom is -0.465 e. The number of methoxy groups -OCH3 is 1. The molecule has 0 saturated carbocycles. The lowest BCUT2D eigenvalue weighted by molar-refractivity contribution is 0.0599. The summed E-state index contributed by atoms with van der Waals surface area (Å²) in [6.07, 6.45) is 0. The molecule has 0 bridgehead atoms. The lowest BCUT2D eigenvalue weighted by Crippen LogP contribution is -2.01. The van der Waals surface area contributed by atoms with Crippen molar-refractivity contribution in [2.75, 3.05) is 7.11 Å². The van der Waals surface area contributed by atoms with Crippen LogP contribution in [0.2, 0.25) is 0 Å². The summed E-state index contributed by atoms with van der Waals surface area (Å²) in [4.78, 5) is 11.4. The summed E-state index contributed by atoms with van der Waals surface area (Å²) in [6.45, 7) is -2.69. The van der Waals surface area contributed by atoms with Gasteiger partial charge in [-0.3, -0.25) is 0 Å². The Hall–Kier alpha value is -0.830. The molecule has 0 aromatic heterocycles. The van der Waals surface area contributed by atoms with Crippen molar-refractivity contribution < 1.29 is 17.8 Å². The maximum Gasteiger partial charge on any atom is 0.338 e. The van der Waals surface area contributed by atoms with Gasteiger partial charge in [0.25, 0.3) is 0 Å². The second-order valence-corrected chi connectivity index (χ2v) is 2.72. The molecule has 1 rings (SSSR count). The maximum atomic E-state index is 11.4. The topological polar surface area (TPSA) is 26.3 Å². The molecule has 1 aromatic carbocycles. The summed E-state index contributed by atoms with van der Waals surface area (Å²) in [5.41, 5.74) is -0.882. The Bertz CT molecular complexity index is 482. The number of carbonyl (C=O) groups excluding carboxylic acids is 1. The fourth-order valence-electron chi connectivity index (χ4n) is 0.626. The van der Waals surface area contributed by atoms with Crippen molar-refractivity contribution in [3.05, 3.63) is 33.7 Å². The predicted octanol–water partition coefficient (Wildman–Crippen LogP) is 2.54. The highest BCUT2D eigenvalue weighted by atomic mass is 79.9. The van der Waals surface area contributed by atoms with Gasteiger partial charge in [0.2, 0.25) is 0 Å². The van der Waals surface area contributed by atoms with E-state index in [1.54, 1.807) is 0 Å². The fraction of sp³-hybridized carbons (Fsp3) is 0.222. The third-order valence-corrected chi connectivity index (χ3v) is 1.75. The second kappa shape index (κ2) is 3.72. The third-order valence-electron chi connectivity index (χ3n) is 1.16. The van der Waals surface area contributed by atoms with Crippen LogP contribution in [0.5, 0.6) is 0 Å². The Balaban J connectivity index is 3.72. The molecule has 3 heteroatoms. The van der Waals surface area contributed by atoms with E-state index in [0.717, 1.165) is 7.11 Å². The Labute approximate surface area is 88.1 Å². The number of carbonyl (C=O) groups is 1. The van der Waals surface area contributed by atoms with E-state index in [9.17, 15) is 4.79 Å². The Morgan fingerprint density at radius 2 is 2.50 bits per heavy atom. The van der Waals surface area contributed by atoms with Crippen LogP contribution in [0, 0.1) is 6.85 Å². The largest absolute Gasteiger partial charge is 0.465 e. The van der Waals surface area contributed by atoms with E-state index in [2.05, 4.69) is 20.7 Å². The molecule has 2 nitrogen and oxygen atoms in total. The van der Waals surface area contributed by atoms with Crippen LogP contribution >= 0.6 is 15.9 Å². The van der Waals surface area contributed by atoms with Crippen molar-refractivity contribution in [3.63, 3.8) is 0 Å². The van der Waals surface area contributed by atoms with Gasteiger partial charge in [-0.15, -0.1) is 0 Å². The van der Waals surface area contributed by atoms with E-state index in [0.29, 0.717) is 0 Å². The first-order valence-corrected chi connectivity index (χ1v) is 3.80. The summed E-state index contributed by atoms with van der Waals surface area (Å²) in [5.74, 6) is -0.897. The van der Waals surface area contributed by atoms with E-state index in [-0.39, 0.29) is 10.0 Å². The van der Waals surface area contributed by atoms with Crippen LogP contribution in [0.25, 0.3) is 0 Å². The first kappa shape index (κ1) is 3.92. The zero-order valence-electron chi connectivity index (χ0n) is 12.2. The number of esters is 1. The monoisotopic (exact) mass is 234 g/mol. The number of benzene rings is 1. The number of rotatable bonds is 1. The Morgan fingerprint density at radius 3 is 3.08 bits per heavy atom. The van der Waals surface area contributed by atoms with Gasteiger partial charge in [0, 0.05) is 8.58 Å². The normalized spacial score (nSPS) is 17.8. The second-order valence-electron chi connectivity index (χ2n) is 1.93. The molecule has 0 atom stereocenters. The summed E-state index contributed by atoms with van der Waals surface area (Å²) in [6, 6.07) is -1.74. The predicted molar refractivity (Wildman–Crippen MR) is 50.2 cm³/mol. The van der Waals surface area contributed by atoms with Crippen LogP contribution in [0.1, 0.15) is 24.1 Å². The van der Waals surface area contributed by atoms with Crippen LogP contribution in [0.3, 0.4) is 0 Å². The van der Waals surface area contributed by atoms with Crippen LogP contribution in [0.15, 0.2) is 22.6 Å². The molecule has 1 aromatic rings. The molecule has 0 aliphatic rings. The number of halogens is 1. The van der Waals surface area contributed by atoms with Gasteiger partial charge in [0.1, 0.15) is 0 Å². The molecule has 12 heavy (non-hydrogen) atoms. The number of hydrogen-bond acceptors (Lipinski definition) is 2. The standard InChI is InChI=1S/C9H9BrO2/c1-6-3-4-7(8(10)5-6)9(11)12-2/h3-5H,1-2H3/i1D3,3D,4D,5D. The van der Waals surface area contributed by atoms with Gasteiger partial charge in [0.15, 0.2) is 0 Å². The zero-order chi connectivity index (χ0) is 14.2. The van der Waals surface area contributed by atoms with Gasteiger partial charge in [-0.25, -0.2) is 4.79 Å². The van der Waals surface area contributed by atoms with E-state index in [4.69, 9.17) is 8.22 Å². The summed E-state index contributed by atoms with van der Waals surface area (Å²) >= 11 is 2.91. The quantitative estimate of drug-likeness (QED) is 0.699. The molecule has 0 fully saturated rings. The SMILES string of the molecule is [2H]c1c([2H])c(C([2H])([2H])[2H])c([2H])c(Br)c1C(=O)OC. The third kappa shape index (κ3) is 1.85. The van der Waals surface area contributed by atoms with Crippen molar-refractivity contribution in [1.82, 2.24) is 0 Å². The molecular weight excluding hydrogens is 220 g/mol. The van der Waals surface area contributed by atoms with Crippen molar-refractivity contribution >= 4 is 21.9 Å². The molecule has 0 amide bonds. The highest BCUT2D eigenvalue weighted by molar-refractivity contribution is 9.10. The summed E-state index contributed by atoms with van der Waals surface area (Å²) in [7, 11) is 1.10. The van der Waals surface area contributed by atoms with E-state index < -0.39 is 36.5 Å². The van der Waals surface area contributed by atoms with Gasteiger partial charge in [-0.2, -0.15) is 0 Å². The van der Waals surface area contributed by atoms with Gasteiger partial charge in [0.05, 0.1) is 16.8 Å². The number of hydrogen-bond donors (Lipinski definition) is 0. The maximum absolute atomic E-state index is 11.4. The summed E-state index contributed by atoms with van der Waals surface area (Å²) < 4.78 is 48.9. The molecule has 0 saturated heterocycles. The molecule has 0 unspecified atom stereocenters. The molecule has 64 valence electrons. The first-order chi connectivity index (χ1) is 8.12. The van der Waals surface area contributed by atoms with Crippen LogP contribution < -0.4 is 0 Å². The highest BCUT2D eigenvalue weighted by Crippen LogP contribution is 2.18. The lowest BCUT2D eigenvalue weighted by atomic mass is 10.1. The molecule has 0 N–H and O–H groups in total. The van der Waals surface area contributed by atoms with Crippen molar-refractivity contribution in [1.29, 1.82) is 0 Å². The summed E-state index contributed by atoms with van der Waals surface area (Å²) in [5, 5.41) is 0. The van der Waals surface area contributed by atoms with Gasteiger partial charge in [-0.1, -0.05) is 6.04 Å². The average molecular weight is 235 g/mol. The molecule has 0 spiro atoms. The van der Waals surface area contributed by atoms with Gasteiger partial charge in [-0.05, 0) is 40.4 Å². The highest BCUT2D eigenvalue weighted by Gasteiger charge is 2.08.